The third-order valence-corrected chi connectivity index (χ3v) is 1.19. The highest BCUT2D eigenvalue weighted by atomic mass is 16.6. The van der Waals surface area contributed by atoms with Gasteiger partial charge in [0.05, 0.1) is 0 Å². The van der Waals surface area contributed by atoms with E-state index in [9.17, 15) is 0 Å². The van der Waals surface area contributed by atoms with Gasteiger partial charge in [-0.05, 0) is 13.0 Å². The molecule has 1 rings (SSSR count). The molecule has 1 aromatic heterocycles. The Balaban J connectivity index is 2.85. The van der Waals surface area contributed by atoms with Gasteiger partial charge in [0.25, 0.3) is 0 Å². The fourth-order valence-electron chi connectivity index (χ4n) is 0.851. The summed E-state index contributed by atoms with van der Waals surface area (Å²) in [5.74, 6) is 0.570. The number of aryl methyl sites for hydroxylation is 1. The Morgan fingerprint density at radius 3 is 2.67 bits per heavy atom. The first-order valence-electron chi connectivity index (χ1n) is 3.35. The van der Waals surface area contributed by atoms with Gasteiger partial charge in [-0.1, -0.05) is 0 Å². The van der Waals surface area contributed by atoms with Crippen molar-refractivity contribution in [3.63, 3.8) is 0 Å². The van der Waals surface area contributed by atoms with Gasteiger partial charge >= 0.3 is 7.32 Å². The minimum atomic E-state index is -1.83. The van der Waals surface area contributed by atoms with Crippen molar-refractivity contribution in [1.82, 2.24) is 4.98 Å². The smallest absolute Gasteiger partial charge is 0.512 e. The number of aromatic nitrogens is 1. The van der Waals surface area contributed by atoms with Crippen LogP contribution < -0.4 is 10.4 Å². The molecule has 0 atom stereocenters. The molecule has 0 spiro atoms. The molecular weight excluding hydrogens is 159 g/mol. The molecule has 1 aromatic rings. The van der Waals surface area contributed by atoms with Crippen LogP contribution in [-0.2, 0) is 0 Å². The quantitative estimate of drug-likeness (QED) is 0.509. The van der Waals surface area contributed by atoms with Gasteiger partial charge < -0.3 is 20.4 Å². The second-order valence-corrected chi connectivity index (χ2v) is 2.31. The zero-order valence-electron chi connectivity index (χ0n) is 6.56. The number of hydrogen-bond donors (Lipinski definition) is 3. The first kappa shape index (κ1) is 8.83. The molecule has 0 aliphatic heterocycles. The first-order chi connectivity index (χ1) is 5.58. The fraction of sp³-hybridized carbons (Fsp3) is 0.167. The van der Waals surface area contributed by atoms with Crippen molar-refractivity contribution >= 4 is 13.1 Å². The van der Waals surface area contributed by atoms with Crippen molar-refractivity contribution in [2.24, 2.45) is 0 Å². The molecule has 0 aromatic carbocycles. The highest BCUT2D eigenvalue weighted by molar-refractivity contribution is 6.33. The Hall–Kier alpha value is -1.27. The van der Waals surface area contributed by atoms with Crippen LogP contribution in [0.3, 0.4) is 0 Å². The molecule has 0 fully saturated rings. The normalized spacial score (nSPS) is 9.58. The highest BCUT2D eigenvalue weighted by Crippen LogP contribution is 2.14. The van der Waals surface area contributed by atoms with Gasteiger partial charge in [-0.25, -0.2) is 4.98 Å². The molecule has 0 saturated heterocycles. The Labute approximate surface area is 70.0 Å². The second-order valence-electron chi connectivity index (χ2n) is 2.31. The van der Waals surface area contributed by atoms with Gasteiger partial charge in [0.1, 0.15) is 11.6 Å². The van der Waals surface area contributed by atoms with Gasteiger partial charge in [0.2, 0.25) is 0 Å². The molecule has 4 N–H and O–H groups in total. The van der Waals surface area contributed by atoms with Crippen molar-refractivity contribution < 1.29 is 14.7 Å². The van der Waals surface area contributed by atoms with Crippen LogP contribution in [0.15, 0.2) is 12.1 Å². The number of nitrogens with zero attached hydrogens (tertiary/aromatic N) is 1. The first-order valence-corrected chi connectivity index (χ1v) is 3.35. The van der Waals surface area contributed by atoms with E-state index in [1.807, 2.05) is 0 Å². The van der Waals surface area contributed by atoms with Crippen LogP contribution >= 0.6 is 0 Å². The number of nitrogens with two attached hydrogens (primary N) is 1. The SMILES string of the molecule is Cc1cc(OB(O)O)cc(N)n1. The zero-order chi connectivity index (χ0) is 9.14. The monoisotopic (exact) mass is 168 g/mol. The van der Waals surface area contributed by atoms with Gasteiger partial charge in [0, 0.05) is 11.8 Å². The Morgan fingerprint density at radius 2 is 2.17 bits per heavy atom. The summed E-state index contributed by atoms with van der Waals surface area (Å²) in [6.07, 6.45) is 0. The third-order valence-electron chi connectivity index (χ3n) is 1.19. The standard InChI is InChI=1S/C6H9BN2O3/c1-4-2-5(12-7(10)11)3-6(8)9-4/h2-3,10-11H,1H3,(H2,8,9). The molecule has 1 heterocycles. The number of rotatable bonds is 2. The summed E-state index contributed by atoms with van der Waals surface area (Å²) in [4.78, 5) is 3.88. The minimum absolute atomic E-state index is 0.283. The van der Waals surface area contributed by atoms with Crippen LogP contribution in [0.1, 0.15) is 5.69 Å². The lowest BCUT2D eigenvalue weighted by Crippen LogP contribution is -2.20. The van der Waals surface area contributed by atoms with E-state index in [0.717, 1.165) is 0 Å². The van der Waals surface area contributed by atoms with Crippen LogP contribution in [0.25, 0.3) is 0 Å². The van der Waals surface area contributed by atoms with Crippen molar-refractivity contribution in [3.8, 4) is 5.75 Å². The van der Waals surface area contributed by atoms with Crippen molar-refractivity contribution in [1.29, 1.82) is 0 Å². The van der Waals surface area contributed by atoms with E-state index in [1.165, 1.54) is 6.07 Å². The summed E-state index contributed by atoms with van der Waals surface area (Å²) in [6, 6.07) is 2.96. The predicted molar refractivity (Wildman–Crippen MR) is 44.2 cm³/mol. The maximum atomic E-state index is 8.46. The average molecular weight is 168 g/mol. The van der Waals surface area contributed by atoms with Gasteiger partial charge in [-0.3, -0.25) is 0 Å². The molecule has 64 valence electrons. The van der Waals surface area contributed by atoms with Crippen LogP contribution in [-0.4, -0.2) is 22.4 Å². The molecule has 0 radical (unpaired) electrons. The molecule has 0 saturated carbocycles. The molecule has 0 aliphatic rings. The lowest BCUT2D eigenvalue weighted by molar-refractivity contribution is 0.288. The summed E-state index contributed by atoms with van der Waals surface area (Å²) in [7, 11) is -1.83. The maximum Gasteiger partial charge on any atom is 0.707 e. The number of anilines is 1. The summed E-state index contributed by atoms with van der Waals surface area (Å²) in [5, 5.41) is 16.9. The Bertz CT molecular complexity index is 259. The summed E-state index contributed by atoms with van der Waals surface area (Å²) < 4.78 is 4.57. The van der Waals surface area contributed by atoms with Crippen LogP contribution in [0.5, 0.6) is 5.75 Å². The van der Waals surface area contributed by atoms with E-state index >= 15 is 0 Å². The van der Waals surface area contributed by atoms with E-state index in [0.29, 0.717) is 5.69 Å². The lowest BCUT2D eigenvalue weighted by Gasteiger charge is -2.05. The summed E-state index contributed by atoms with van der Waals surface area (Å²) in [6.45, 7) is 1.73. The number of pyridine rings is 1. The summed E-state index contributed by atoms with van der Waals surface area (Å²) >= 11 is 0. The predicted octanol–water partition coefficient (Wildman–Crippen LogP) is -0.679. The van der Waals surface area contributed by atoms with Crippen LogP contribution in [0.4, 0.5) is 5.82 Å². The molecule has 6 heteroatoms. The van der Waals surface area contributed by atoms with Crippen LogP contribution in [0, 0.1) is 6.92 Å². The second kappa shape index (κ2) is 3.42. The topological polar surface area (TPSA) is 88.6 Å². The van der Waals surface area contributed by atoms with E-state index in [-0.39, 0.29) is 11.6 Å². The molecule has 0 bridgehead atoms. The maximum absolute atomic E-state index is 8.46. The van der Waals surface area contributed by atoms with Gasteiger partial charge in [-0.2, -0.15) is 0 Å². The van der Waals surface area contributed by atoms with Crippen LogP contribution in [0.2, 0.25) is 0 Å². The molecule has 0 unspecified atom stereocenters. The third kappa shape index (κ3) is 2.41. The molecule has 5 nitrogen and oxygen atoms in total. The number of nitrogen functional groups attached to an aromatic ring is 1. The fourth-order valence-corrected chi connectivity index (χ4v) is 0.851. The molecular formula is C6H9BN2O3. The average Bonchev–Trinajstić information content (AvgIpc) is 1.81. The Kier molecular flexibility index (Phi) is 2.52. The minimum Gasteiger partial charge on any atom is -0.512 e. The van der Waals surface area contributed by atoms with Crippen molar-refractivity contribution in [3.05, 3.63) is 17.8 Å². The Morgan fingerprint density at radius 1 is 1.50 bits per heavy atom. The van der Waals surface area contributed by atoms with E-state index in [4.69, 9.17) is 15.8 Å². The van der Waals surface area contributed by atoms with E-state index in [2.05, 4.69) is 9.64 Å². The summed E-state index contributed by atoms with van der Waals surface area (Å²) in [5.41, 5.74) is 6.04. The number of hydrogen-bond acceptors (Lipinski definition) is 5. The molecule has 12 heavy (non-hydrogen) atoms. The highest BCUT2D eigenvalue weighted by Gasteiger charge is 2.11. The zero-order valence-corrected chi connectivity index (χ0v) is 6.56. The lowest BCUT2D eigenvalue weighted by atomic mass is 10.2. The van der Waals surface area contributed by atoms with Crippen molar-refractivity contribution in [2.75, 3.05) is 5.73 Å². The molecule has 0 aliphatic carbocycles. The van der Waals surface area contributed by atoms with E-state index in [1.54, 1.807) is 13.0 Å². The van der Waals surface area contributed by atoms with Crippen molar-refractivity contribution in [2.45, 2.75) is 6.92 Å². The molecule has 0 amide bonds. The van der Waals surface area contributed by atoms with E-state index < -0.39 is 7.32 Å². The van der Waals surface area contributed by atoms with Gasteiger partial charge in [-0.15, -0.1) is 0 Å². The largest absolute Gasteiger partial charge is 0.707 e. The van der Waals surface area contributed by atoms with Gasteiger partial charge in [0.15, 0.2) is 0 Å².